The molecular formula is C22H26N2O7. The van der Waals surface area contributed by atoms with Crippen molar-refractivity contribution in [2.75, 3.05) is 33.9 Å². The first-order valence-corrected chi connectivity index (χ1v) is 10.4. The number of benzene rings is 1. The van der Waals surface area contributed by atoms with Gasteiger partial charge in [-0.05, 0) is 43.5 Å². The van der Waals surface area contributed by atoms with Crippen molar-refractivity contribution in [3.8, 4) is 5.75 Å². The van der Waals surface area contributed by atoms with Crippen molar-refractivity contribution in [1.29, 1.82) is 0 Å². The van der Waals surface area contributed by atoms with E-state index in [9.17, 15) is 19.2 Å². The Hall–Kier alpha value is -2.94. The highest BCUT2D eigenvalue weighted by molar-refractivity contribution is 6.16. The molecule has 4 rings (SSSR count). The Kier molecular flexibility index (Phi) is 5.25. The molecule has 0 bridgehead atoms. The molecule has 2 fully saturated rings. The van der Waals surface area contributed by atoms with Gasteiger partial charge in [0.25, 0.3) is 0 Å². The first-order chi connectivity index (χ1) is 14.8. The average Bonchev–Trinajstić information content (AvgIpc) is 3.20. The van der Waals surface area contributed by atoms with Crippen LogP contribution in [0.25, 0.3) is 0 Å². The van der Waals surface area contributed by atoms with Crippen LogP contribution in [-0.4, -0.2) is 73.0 Å². The molecule has 166 valence electrons. The van der Waals surface area contributed by atoms with E-state index in [-0.39, 0.29) is 13.2 Å². The summed E-state index contributed by atoms with van der Waals surface area (Å²) < 4.78 is 16.0. The zero-order valence-electron chi connectivity index (χ0n) is 18.0. The summed E-state index contributed by atoms with van der Waals surface area (Å²) in [6, 6.07) is 4.91. The summed E-state index contributed by atoms with van der Waals surface area (Å²) in [4.78, 5) is 55.9. The largest absolute Gasteiger partial charge is 0.497 e. The number of rotatable bonds is 5. The van der Waals surface area contributed by atoms with Crippen LogP contribution in [-0.2, 0) is 35.1 Å². The minimum atomic E-state index is -2.01. The lowest BCUT2D eigenvalue weighted by molar-refractivity contribution is -0.179. The van der Waals surface area contributed by atoms with Gasteiger partial charge in [0.2, 0.25) is 17.4 Å². The number of ether oxygens (including phenoxy) is 3. The Morgan fingerprint density at radius 1 is 1.10 bits per heavy atom. The quantitative estimate of drug-likeness (QED) is 0.382. The summed E-state index contributed by atoms with van der Waals surface area (Å²) in [7, 11) is 2.92. The second-order valence-corrected chi connectivity index (χ2v) is 7.90. The Balaban J connectivity index is 1.98. The third-order valence-electron chi connectivity index (χ3n) is 6.62. The van der Waals surface area contributed by atoms with E-state index < -0.39 is 47.2 Å². The van der Waals surface area contributed by atoms with Gasteiger partial charge in [-0.25, -0.2) is 9.59 Å². The minimum absolute atomic E-state index is 0.0261. The summed E-state index contributed by atoms with van der Waals surface area (Å²) in [6.07, 6.45) is 0.536. The van der Waals surface area contributed by atoms with Crippen molar-refractivity contribution < 1.29 is 33.4 Å². The second-order valence-electron chi connectivity index (χ2n) is 7.90. The molecule has 9 nitrogen and oxygen atoms in total. The number of esters is 2. The standard InChI is InChI=1S/C22H26N2O7/c1-5-30-20(27)22(21(28)31-6-2)16-15(18(25)23(3)19(16)26)17-14-11-13(29-4)8-7-12(14)9-10-24(17)22/h7-8,11,15-17H,5-6,9-10H2,1-4H3/t15-,16-,17?/m1/s1. The molecule has 0 saturated carbocycles. The van der Waals surface area contributed by atoms with Gasteiger partial charge in [0.1, 0.15) is 5.75 Å². The van der Waals surface area contributed by atoms with E-state index in [1.807, 2.05) is 18.2 Å². The molecular weight excluding hydrogens is 404 g/mol. The number of hydrogen-bond acceptors (Lipinski definition) is 8. The molecule has 31 heavy (non-hydrogen) atoms. The zero-order chi connectivity index (χ0) is 22.5. The van der Waals surface area contributed by atoms with Gasteiger partial charge in [0.15, 0.2) is 0 Å². The van der Waals surface area contributed by atoms with Gasteiger partial charge in [-0.1, -0.05) is 6.07 Å². The highest BCUT2D eigenvalue weighted by atomic mass is 16.6. The van der Waals surface area contributed by atoms with Gasteiger partial charge in [0.05, 0.1) is 32.2 Å². The Morgan fingerprint density at radius 3 is 2.32 bits per heavy atom. The maximum absolute atomic E-state index is 13.4. The molecule has 2 amide bonds. The maximum atomic E-state index is 13.4. The lowest BCUT2D eigenvalue weighted by Crippen LogP contribution is -2.64. The van der Waals surface area contributed by atoms with E-state index in [0.717, 1.165) is 16.0 Å². The highest BCUT2D eigenvalue weighted by Crippen LogP contribution is 2.57. The van der Waals surface area contributed by atoms with Crippen LogP contribution < -0.4 is 4.74 Å². The Bertz CT molecular complexity index is 941. The molecule has 0 aromatic heterocycles. The Labute approximate surface area is 180 Å². The minimum Gasteiger partial charge on any atom is -0.497 e. The van der Waals surface area contributed by atoms with Crippen molar-refractivity contribution in [1.82, 2.24) is 9.80 Å². The lowest BCUT2D eigenvalue weighted by atomic mass is 9.78. The monoisotopic (exact) mass is 430 g/mol. The number of nitrogens with zero attached hydrogens (tertiary/aromatic N) is 2. The second kappa shape index (κ2) is 7.64. The number of likely N-dealkylation sites (tertiary alicyclic amines) is 1. The molecule has 0 aliphatic carbocycles. The number of imide groups is 1. The maximum Gasteiger partial charge on any atom is 0.339 e. The summed E-state index contributed by atoms with van der Waals surface area (Å²) >= 11 is 0. The van der Waals surface area contributed by atoms with E-state index in [4.69, 9.17) is 14.2 Å². The molecule has 3 aliphatic rings. The average molecular weight is 430 g/mol. The molecule has 3 atom stereocenters. The molecule has 2 saturated heterocycles. The van der Waals surface area contributed by atoms with E-state index >= 15 is 0 Å². The highest BCUT2D eigenvalue weighted by Gasteiger charge is 2.76. The van der Waals surface area contributed by atoms with Gasteiger partial charge < -0.3 is 14.2 Å². The summed E-state index contributed by atoms with van der Waals surface area (Å²) in [5, 5.41) is 0. The first kappa shape index (κ1) is 21.3. The van der Waals surface area contributed by atoms with Crippen molar-refractivity contribution in [3.05, 3.63) is 29.3 Å². The fourth-order valence-corrected chi connectivity index (χ4v) is 5.36. The van der Waals surface area contributed by atoms with E-state index in [1.165, 1.54) is 7.05 Å². The predicted molar refractivity (Wildman–Crippen MR) is 107 cm³/mol. The van der Waals surface area contributed by atoms with Gasteiger partial charge >= 0.3 is 11.9 Å². The molecule has 0 radical (unpaired) electrons. The van der Waals surface area contributed by atoms with Gasteiger partial charge in [-0.2, -0.15) is 0 Å². The Morgan fingerprint density at radius 2 is 1.74 bits per heavy atom. The van der Waals surface area contributed by atoms with Crippen LogP contribution in [0.15, 0.2) is 18.2 Å². The van der Waals surface area contributed by atoms with E-state index in [0.29, 0.717) is 18.7 Å². The molecule has 3 heterocycles. The van der Waals surface area contributed by atoms with Gasteiger partial charge in [-0.3, -0.25) is 19.4 Å². The van der Waals surface area contributed by atoms with Crippen molar-refractivity contribution in [2.45, 2.75) is 31.8 Å². The number of methoxy groups -OCH3 is 1. The van der Waals surface area contributed by atoms with Crippen LogP contribution >= 0.6 is 0 Å². The third-order valence-corrected chi connectivity index (χ3v) is 6.62. The smallest absolute Gasteiger partial charge is 0.339 e. The van der Waals surface area contributed by atoms with E-state index in [2.05, 4.69) is 0 Å². The van der Waals surface area contributed by atoms with Crippen LogP contribution in [0.5, 0.6) is 5.75 Å². The molecule has 9 heteroatoms. The fourth-order valence-electron chi connectivity index (χ4n) is 5.36. The van der Waals surface area contributed by atoms with Crippen LogP contribution in [0.3, 0.4) is 0 Å². The number of fused-ring (bicyclic) bond motifs is 5. The topological polar surface area (TPSA) is 102 Å². The molecule has 3 aliphatic heterocycles. The molecule has 0 spiro atoms. The number of carbonyl (C=O) groups excluding carboxylic acids is 4. The number of carbonyl (C=O) groups is 4. The number of amides is 2. The molecule has 1 unspecified atom stereocenters. The van der Waals surface area contributed by atoms with E-state index in [1.54, 1.807) is 25.9 Å². The van der Waals surface area contributed by atoms with Crippen molar-refractivity contribution in [2.24, 2.45) is 11.8 Å². The lowest BCUT2D eigenvalue weighted by Gasteiger charge is -2.42. The van der Waals surface area contributed by atoms with Crippen LogP contribution in [0.2, 0.25) is 0 Å². The summed E-state index contributed by atoms with van der Waals surface area (Å²) in [6.45, 7) is 3.62. The fraction of sp³-hybridized carbons (Fsp3) is 0.545. The van der Waals surface area contributed by atoms with Crippen LogP contribution in [0, 0.1) is 11.8 Å². The molecule has 1 aromatic carbocycles. The summed E-state index contributed by atoms with van der Waals surface area (Å²) in [5.74, 6) is -4.23. The van der Waals surface area contributed by atoms with Crippen LogP contribution in [0.1, 0.15) is 31.0 Å². The molecule has 1 aromatic rings. The normalized spacial score (nSPS) is 26.2. The zero-order valence-corrected chi connectivity index (χ0v) is 18.0. The van der Waals surface area contributed by atoms with Gasteiger partial charge in [-0.15, -0.1) is 0 Å². The van der Waals surface area contributed by atoms with Crippen LogP contribution in [0.4, 0.5) is 0 Å². The summed E-state index contributed by atoms with van der Waals surface area (Å²) in [5.41, 5.74) is -0.258. The van der Waals surface area contributed by atoms with Crippen molar-refractivity contribution in [3.63, 3.8) is 0 Å². The SMILES string of the molecule is CCOC(=O)C1(C(=O)OCC)[C@H]2C(=O)N(C)C(=O)[C@H]2C2c3cc(OC)ccc3CCN21. The first-order valence-electron chi connectivity index (χ1n) is 10.4. The van der Waals surface area contributed by atoms with Crippen molar-refractivity contribution >= 4 is 23.8 Å². The van der Waals surface area contributed by atoms with Gasteiger partial charge in [0, 0.05) is 19.6 Å². The molecule has 0 N–H and O–H groups in total. The predicted octanol–water partition coefficient (Wildman–Crippen LogP) is 0.704. The number of hydrogen-bond donors (Lipinski definition) is 0. The third kappa shape index (κ3) is 2.72.